The first-order chi connectivity index (χ1) is 11.8. The minimum Gasteiger partial charge on any atom is -0.507 e. The molecule has 0 radical (unpaired) electrons. The Morgan fingerprint density at radius 1 is 1.32 bits per heavy atom. The zero-order chi connectivity index (χ0) is 18.7. The Bertz CT molecular complexity index is 819. The predicted octanol–water partition coefficient (Wildman–Crippen LogP) is 4.09. The zero-order valence-electron chi connectivity index (χ0n) is 15.2. The van der Waals surface area contributed by atoms with Crippen LogP contribution in [-0.4, -0.2) is 16.3 Å². The average Bonchev–Trinajstić information content (AvgIpc) is 2.52. The van der Waals surface area contributed by atoms with Crippen molar-refractivity contribution in [2.45, 2.75) is 52.7 Å². The van der Waals surface area contributed by atoms with E-state index in [1.807, 2.05) is 20.8 Å². The Hall–Kier alpha value is -2.27. The van der Waals surface area contributed by atoms with Crippen molar-refractivity contribution < 1.29 is 19.4 Å². The van der Waals surface area contributed by atoms with Crippen LogP contribution >= 0.6 is 0 Å². The van der Waals surface area contributed by atoms with E-state index in [2.05, 4.69) is 6.58 Å². The van der Waals surface area contributed by atoms with Crippen LogP contribution in [0.5, 0.6) is 11.5 Å². The first-order valence-corrected chi connectivity index (χ1v) is 8.60. The van der Waals surface area contributed by atoms with Crippen molar-refractivity contribution in [1.82, 2.24) is 0 Å². The maximum atomic E-state index is 12.0. The molecule has 1 aromatic heterocycles. The molecule has 2 rings (SSSR count). The summed E-state index contributed by atoms with van der Waals surface area (Å²) >= 11 is 0. The van der Waals surface area contributed by atoms with Gasteiger partial charge in [0, 0.05) is 18.1 Å². The summed E-state index contributed by atoms with van der Waals surface area (Å²) in [6, 6.07) is 2.93. The monoisotopic (exact) mass is 346 g/mol. The number of ether oxygens (including phenoxy) is 1. The second-order valence-electron chi connectivity index (χ2n) is 6.56. The largest absolute Gasteiger partial charge is 0.507 e. The highest BCUT2D eigenvalue weighted by Crippen LogP contribution is 2.42. The van der Waals surface area contributed by atoms with Crippen molar-refractivity contribution in [3.8, 4) is 11.5 Å². The van der Waals surface area contributed by atoms with Crippen molar-refractivity contribution in [2.75, 3.05) is 0 Å². The molecule has 0 bridgehead atoms. The van der Waals surface area contributed by atoms with E-state index in [0.29, 0.717) is 17.6 Å². The quantitative estimate of drug-likeness (QED) is 0.583. The molecule has 0 fully saturated rings. The third-order valence-corrected chi connectivity index (χ3v) is 4.13. The SMILES string of the molecule is C=C[C@@H](C)[C@@H](O)c1c(O)cc(OC(C)C)c2c(CCC)cc(=O)oc12. The molecular formula is C20H26O5. The van der Waals surface area contributed by atoms with Gasteiger partial charge in [0.25, 0.3) is 0 Å². The fourth-order valence-electron chi connectivity index (χ4n) is 2.88. The molecule has 5 nitrogen and oxygen atoms in total. The first-order valence-electron chi connectivity index (χ1n) is 8.60. The molecular weight excluding hydrogens is 320 g/mol. The Balaban J connectivity index is 2.89. The number of benzene rings is 1. The van der Waals surface area contributed by atoms with E-state index >= 15 is 0 Å². The number of phenols is 1. The molecule has 0 aliphatic carbocycles. The highest BCUT2D eigenvalue weighted by Gasteiger charge is 2.26. The number of aliphatic hydroxyl groups excluding tert-OH is 1. The number of fused-ring (bicyclic) bond motifs is 1. The van der Waals surface area contributed by atoms with Crippen LogP contribution in [0.25, 0.3) is 11.0 Å². The van der Waals surface area contributed by atoms with Crippen molar-refractivity contribution >= 4 is 11.0 Å². The van der Waals surface area contributed by atoms with Gasteiger partial charge in [0.15, 0.2) is 5.58 Å². The molecule has 0 aliphatic heterocycles. The minimum atomic E-state index is -1.05. The molecule has 0 saturated heterocycles. The highest BCUT2D eigenvalue weighted by molar-refractivity contribution is 5.91. The van der Waals surface area contributed by atoms with Crippen LogP contribution in [0.4, 0.5) is 0 Å². The average molecular weight is 346 g/mol. The van der Waals surface area contributed by atoms with E-state index in [-0.39, 0.29) is 28.9 Å². The van der Waals surface area contributed by atoms with E-state index in [9.17, 15) is 15.0 Å². The molecule has 2 N–H and O–H groups in total. The summed E-state index contributed by atoms with van der Waals surface area (Å²) in [5.41, 5.74) is 0.627. The van der Waals surface area contributed by atoms with Gasteiger partial charge in [-0.05, 0) is 25.8 Å². The van der Waals surface area contributed by atoms with Gasteiger partial charge in [-0.1, -0.05) is 26.3 Å². The van der Waals surface area contributed by atoms with Gasteiger partial charge < -0.3 is 19.4 Å². The smallest absolute Gasteiger partial charge is 0.336 e. The lowest BCUT2D eigenvalue weighted by Crippen LogP contribution is -2.12. The maximum Gasteiger partial charge on any atom is 0.336 e. The van der Waals surface area contributed by atoms with Gasteiger partial charge in [0.05, 0.1) is 23.2 Å². The number of hydrogen-bond acceptors (Lipinski definition) is 5. The number of phenolic OH excluding ortho intramolecular Hbond substituents is 1. The lowest BCUT2D eigenvalue weighted by molar-refractivity contribution is 0.136. The molecule has 0 amide bonds. The first kappa shape index (κ1) is 19.1. The topological polar surface area (TPSA) is 79.9 Å². The third-order valence-electron chi connectivity index (χ3n) is 4.13. The molecule has 1 aromatic carbocycles. The lowest BCUT2D eigenvalue weighted by atomic mass is 9.93. The molecule has 5 heteroatoms. The lowest BCUT2D eigenvalue weighted by Gasteiger charge is -2.21. The zero-order valence-corrected chi connectivity index (χ0v) is 15.2. The fourth-order valence-corrected chi connectivity index (χ4v) is 2.88. The van der Waals surface area contributed by atoms with E-state index in [0.717, 1.165) is 12.0 Å². The summed E-state index contributed by atoms with van der Waals surface area (Å²) < 4.78 is 11.2. The van der Waals surface area contributed by atoms with Gasteiger partial charge in [-0.15, -0.1) is 6.58 Å². The second kappa shape index (κ2) is 7.74. The van der Waals surface area contributed by atoms with Crippen molar-refractivity contribution in [2.24, 2.45) is 5.92 Å². The molecule has 0 spiro atoms. The summed E-state index contributed by atoms with van der Waals surface area (Å²) in [4.78, 5) is 12.0. The Morgan fingerprint density at radius 3 is 2.56 bits per heavy atom. The number of aromatic hydroxyl groups is 1. The molecule has 0 unspecified atom stereocenters. The summed E-state index contributed by atoms with van der Waals surface area (Å²) in [6.07, 6.45) is 1.91. The van der Waals surface area contributed by atoms with Gasteiger partial charge in [-0.2, -0.15) is 0 Å². The fraction of sp³-hybridized carbons (Fsp3) is 0.450. The third kappa shape index (κ3) is 3.87. The van der Waals surface area contributed by atoms with E-state index < -0.39 is 11.7 Å². The highest BCUT2D eigenvalue weighted by atomic mass is 16.5. The van der Waals surface area contributed by atoms with Crippen molar-refractivity contribution in [3.05, 3.63) is 46.3 Å². The van der Waals surface area contributed by atoms with Crippen LogP contribution in [-0.2, 0) is 6.42 Å². The van der Waals surface area contributed by atoms with E-state index in [4.69, 9.17) is 9.15 Å². The molecule has 0 aliphatic rings. The number of aryl methyl sites for hydroxylation is 1. The van der Waals surface area contributed by atoms with Crippen molar-refractivity contribution in [3.63, 3.8) is 0 Å². The van der Waals surface area contributed by atoms with Gasteiger partial charge in [0.1, 0.15) is 11.5 Å². The summed E-state index contributed by atoms with van der Waals surface area (Å²) in [6.45, 7) is 11.2. The van der Waals surface area contributed by atoms with Crippen LogP contribution in [0.15, 0.2) is 34.0 Å². The maximum absolute atomic E-state index is 12.0. The van der Waals surface area contributed by atoms with Crippen molar-refractivity contribution in [1.29, 1.82) is 0 Å². The van der Waals surface area contributed by atoms with Crippen LogP contribution in [0, 0.1) is 5.92 Å². The second-order valence-corrected chi connectivity index (χ2v) is 6.56. The Kier molecular flexibility index (Phi) is 5.90. The molecule has 1 heterocycles. The normalized spacial score (nSPS) is 13.8. The van der Waals surface area contributed by atoms with Crippen LogP contribution < -0.4 is 10.4 Å². The summed E-state index contributed by atoms with van der Waals surface area (Å²) in [5, 5.41) is 21.7. The van der Waals surface area contributed by atoms with Crippen LogP contribution in [0.1, 0.15) is 51.3 Å². The minimum absolute atomic E-state index is 0.119. The van der Waals surface area contributed by atoms with Gasteiger partial charge in [0.2, 0.25) is 0 Å². The standard InChI is InChI=1S/C20H26O5/c1-6-8-13-9-16(22)25-20-17(13)15(24-11(3)4)10-14(21)18(20)19(23)12(5)7-2/h7,9-12,19,21,23H,2,6,8H2,1,3-5H3/t12-,19-/m1/s1. The Morgan fingerprint density at radius 2 is 2.00 bits per heavy atom. The number of aliphatic hydroxyl groups is 1. The van der Waals surface area contributed by atoms with Crippen LogP contribution in [0.2, 0.25) is 0 Å². The molecule has 136 valence electrons. The predicted molar refractivity (Wildman–Crippen MR) is 98.2 cm³/mol. The van der Waals surface area contributed by atoms with E-state index in [1.54, 1.807) is 13.0 Å². The van der Waals surface area contributed by atoms with Gasteiger partial charge >= 0.3 is 5.63 Å². The molecule has 2 atom stereocenters. The molecule has 2 aromatic rings. The van der Waals surface area contributed by atoms with Gasteiger partial charge in [-0.3, -0.25) is 0 Å². The summed E-state index contributed by atoms with van der Waals surface area (Å²) in [5.74, 6) is -0.0517. The van der Waals surface area contributed by atoms with Crippen LogP contribution in [0.3, 0.4) is 0 Å². The number of hydrogen-bond donors (Lipinski definition) is 2. The number of rotatable bonds is 7. The van der Waals surface area contributed by atoms with E-state index in [1.165, 1.54) is 12.1 Å². The Labute approximate surface area is 147 Å². The molecule has 0 saturated carbocycles. The van der Waals surface area contributed by atoms with Gasteiger partial charge in [-0.25, -0.2) is 4.79 Å². The molecule has 25 heavy (non-hydrogen) atoms. The summed E-state index contributed by atoms with van der Waals surface area (Å²) in [7, 11) is 0.